The summed E-state index contributed by atoms with van der Waals surface area (Å²) >= 11 is 0. The van der Waals surface area contributed by atoms with E-state index in [-0.39, 0.29) is 19.4 Å². The summed E-state index contributed by atoms with van der Waals surface area (Å²) in [6, 6.07) is 5.16. The van der Waals surface area contributed by atoms with E-state index in [0.717, 1.165) is 0 Å². The van der Waals surface area contributed by atoms with Crippen molar-refractivity contribution >= 4 is 5.91 Å². The highest BCUT2D eigenvalue weighted by Gasteiger charge is 2.38. The molecule has 22 heavy (non-hydrogen) atoms. The van der Waals surface area contributed by atoms with Crippen molar-refractivity contribution in [3.05, 3.63) is 23.3 Å². The summed E-state index contributed by atoms with van der Waals surface area (Å²) in [7, 11) is 2.87. The Hall–Kier alpha value is -2.43. The van der Waals surface area contributed by atoms with Gasteiger partial charge >= 0.3 is 12.1 Å². The van der Waals surface area contributed by atoms with Gasteiger partial charge in [-0.15, -0.1) is 0 Å². The van der Waals surface area contributed by atoms with Crippen molar-refractivity contribution in [1.82, 2.24) is 5.32 Å². The number of hydrogen-bond donors (Lipinski definition) is 1. The maximum absolute atomic E-state index is 12.1. The van der Waals surface area contributed by atoms with Crippen molar-refractivity contribution in [3.8, 4) is 17.6 Å². The minimum Gasteiger partial charge on any atom is -0.493 e. The molecule has 0 saturated heterocycles. The van der Waals surface area contributed by atoms with E-state index in [0.29, 0.717) is 22.6 Å². The maximum Gasteiger partial charge on any atom is 0.471 e. The second kappa shape index (κ2) is 7.54. The summed E-state index contributed by atoms with van der Waals surface area (Å²) in [5, 5.41) is 10.6. The van der Waals surface area contributed by atoms with Crippen molar-refractivity contribution in [3.63, 3.8) is 0 Å². The Balaban J connectivity index is 2.89. The number of ether oxygens (including phenoxy) is 2. The molecule has 0 atom stereocenters. The molecule has 1 aromatic carbocycles. The molecule has 1 N–H and O–H groups in total. The number of benzene rings is 1. The molecule has 0 saturated carbocycles. The first-order valence-electron chi connectivity index (χ1n) is 6.29. The molecule has 5 nitrogen and oxygen atoms in total. The summed E-state index contributed by atoms with van der Waals surface area (Å²) in [5.41, 5.74) is 1.23. The molecule has 0 spiro atoms. The number of halogens is 3. The van der Waals surface area contributed by atoms with E-state index in [2.05, 4.69) is 0 Å². The molecule has 0 aliphatic rings. The van der Waals surface area contributed by atoms with Gasteiger partial charge in [0.1, 0.15) is 0 Å². The number of carbonyl (C=O) groups excluding carboxylic acids is 1. The van der Waals surface area contributed by atoms with Crippen LogP contribution in [0.1, 0.15) is 11.1 Å². The Labute approximate surface area is 125 Å². The van der Waals surface area contributed by atoms with E-state index < -0.39 is 12.1 Å². The van der Waals surface area contributed by atoms with Crippen LogP contribution in [0.25, 0.3) is 0 Å². The number of nitrogens with zero attached hydrogens (tertiary/aromatic N) is 1. The lowest BCUT2D eigenvalue weighted by molar-refractivity contribution is -0.173. The third-order valence-corrected chi connectivity index (χ3v) is 2.91. The molecule has 0 heterocycles. The Bertz CT molecular complexity index is 580. The summed E-state index contributed by atoms with van der Waals surface area (Å²) < 4.78 is 46.5. The van der Waals surface area contributed by atoms with E-state index >= 15 is 0 Å². The fraction of sp³-hybridized carbons (Fsp3) is 0.429. The van der Waals surface area contributed by atoms with E-state index in [9.17, 15) is 18.0 Å². The van der Waals surface area contributed by atoms with Crippen molar-refractivity contribution in [2.45, 2.75) is 19.0 Å². The molecule has 0 aromatic heterocycles. The van der Waals surface area contributed by atoms with Gasteiger partial charge in [-0.25, -0.2) is 0 Å². The summed E-state index contributed by atoms with van der Waals surface area (Å²) in [6.07, 6.45) is -4.70. The quantitative estimate of drug-likeness (QED) is 0.871. The van der Waals surface area contributed by atoms with Crippen molar-refractivity contribution in [2.24, 2.45) is 0 Å². The monoisotopic (exact) mass is 316 g/mol. The second-order valence-corrected chi connectivity index (χ2v) is 4.31. The Kier molecular flexibility index (Phi) is 6.04. The Morgan fingerprint density at radius 1 is 1.23 bits per heavy atom. The average molecular weight is 316 g/mol. The van der Waals surface area contributed by atoms with Crippen LogP contribution in [0.2, 0.25) is 0 Å². The third-order valence-electron chi connectivity index (χ3n) is 2.91. The summed E-state index contributed by atoms with van der Waals surface area (Å²) in [5.74, 6) is -1.16. The summed E-state index contributed by atoms with van der Waals surface area (Å²) in [6.45, 7) is -0.202. The highest BCUT2D eigenvalue weighted by molar-refractivity contribution is 5.81. The van der Waals surface area contributed by atoms with Gasteiger partial charge in [0.25, 0.3) is 0 Å². The number of rotatable bonds is 6. The average Bonchev–Trinajstić information content (AvgIpc) is 2.47. The molecule has 0 aliphatic heterocycles. The van der Waals surface area contributed by atoms with Gasteiger partial charge in [-0.1, -0.05) is 0 Å². The molecule has 1 amide bonds. The standard InChI is InChI=1S/C14H15F3N2O3/c1-21-11-7-9(3-5-18)10(8-12(11)22-2)4-6-19-13(20)14(15,16)17/h7-8H,3-4,6H2,1-2H3,(H,19,20). The number of nitriles is 1. The maximum atomic E-state index is 12.1. The number of amides is 1. The van der Waals surface area contributed by atoms with Crippen LogP contribution in [0.3, 0.4) is 0 Å². The minimum absolute atomic E-state index is 0.0723. The molecule has 1 aromatic rings. The van der Waals surface area contributed by atoms with Gasteiger partial charge in [0.15, 0.2) is 11.5 Å². The van der Waals surface area contributed by atoms with Crippen molar-refractivity contribution < 1.29 is 27.4 Å². The van der Waals surface area contributed by atoms with Gasteiger partial charge in [0.05, 0.1) is 26.7 Å². The van der Waals surface area contributed by atoms with Crippen LogP contribution in [0.4, 0.5) is 13.2 Å². The first kappa shape index (κ1) is 17.6. The first-order chi connectivity index (χ1) is 10.3. The molecular weight excluding hydrogens is 301 g/mol. The normalized spacial score (nSPS) is 10.7. The Morgan fingerprint density at radius 3 is 2.23 bits per heavy atom. The number of hydrogen-bond acceptors (Lipinski definition) is 4. The molecule has 0 unspecified atom stereocenters. The third kappa shape index (κ3) is 4.55. The Morgan fingerprint density at radius 2 is 1.77 bits per heavy atom. The smallest absolute Gasteiger partial charge is 0.471 e. The van der Waals surface area contributed by atoms with Gasteiger partial charge < -0.3 is 14.8 Å². The topological polar surface area (TPSA) is 71.3 Å². The zero-order valence-electron chi connectivity index (χ0n) is 12.1. The lowest BCUT2D eigenvalue weighted by Gasteiger charge is -2.14. The molecule has 0 aliphatic carbocycles. The predicted octanol–water partition coefficient (Wildman–Crippen LogP) is 1.99. The molecule has 1 rings (SSSR count). The minimum atomic E-state index is -4.91. The zero-order valence-corrected chi connectivity index (χ0v) is 12.1. The second-order valence-electron chi connectivity index (χ2n) is 4.31. The lowest BCUT2D eigenvalue weighted by atomic mass is 10.0. The largest absolute Gasteiger partial charge is 0.493 e. The fourth-order valence-electron chi connectivity index (χ4n) is 1.86. The zero-order chi connectivity index (χ0) is 16.8. The van der Waals surface area contributed by atoms with Crippen LogP contribution in [-0.4, -0.2) is 32.8 Å². The molecular formula is C14H15F3N2O3. The number of carbonyl (C=O) groups is 1. The number of nitrogens with one attached hydrogen (secondary N) is 1. The SMILES string of the molecule is COc1cc(CC#N)c(CCNC(=O)C(F)(F)F)cc1OC. The van der Waals surface area contributed by atoms with Crippen LogP contribution in [0.15, 0.2) is 12.1 Å². The number of alkyl halides is 3. The highest BCUT2D eigenvalue weighted by atomic mass is 19.4. The lowest BCUT2D eigenvalue weighted by Crippen LogP contribution is -2.37. The molecule has 0 bridgehead atoms. The highest BCUT2D eigenvalue weighted by Crippen LogP contribution is 2.31. The van der Waals surface area contributed by atoms with Gasteiger partial charge in [-0.3, -0.25) is 4.79 Å². The molecule has 8 heteroatoms. The first-order valence-corrected chi connectivity index (χ1v) is 6.29. The van der Waals surface area contributed by atoms with Gasteiger partial charge in [-0.2, -0.15) is 18.4 Å². The molecule has 120 valence electrons. The number of methoxy groups -OCH3 is 2. The van der Waals surface area contributed by atoms with E-state index in [1.165, 1.54) is 14.2 Å². The van der Waals surface area contributed by atoms with Crippen molar-refractivity contribution in [1.29, 1.82) is 5.26 Å². The van der Waals surface area contributed by atoms with Gasteiger partial charge in [0.2, 0.25) is 0 Å². The van der Waals surface area contributed by atoms with E-state index in [4.69, 9.17) is 14.7 Å². The van der Waals surface area contributed by atoms with Crippen LogP contribution >= 0.6 is 0 Å². The summed E-state index contributed by atoms with van der Waals surface area (Å²) in [4.78, 5) is 10.8. The molecule has 0 radical (unpaired) electrons. The fourth-order valence-corrected chi connectivity index (χ4v) is 1.86. The van der Waals surface area contributed by atoms with E-state index in [1.807, 2.05) is 6.07 Å². The predicted molar refractivity (Wildman–Crippen MR) is 71.6 cm³/mol. The van der Waals surface area contributed by atoms with Gasteiger partial charge in [0, 0.05) is 6.54 Å². The van der Waals surface area contributed by atoms with Crippen LogP contribution in [0.5, 0.6) is 11.5 Å². The molecule has 0 fully saturated rings. The van der Waals surface area contributed by atoms with Crippen LogP contribution < -0.4 is 14.8 Å². The van der Waals surface area contributed by atoms with Crippen LogP contribution in [0, 0.1) is 11.3 Å². The van der Waals surface area contributed by atoms with E-state index in [1.54, 1.807) is 17.4 Å². The van der Waals surface area contributed by atoms with Crippen molar-refractivity contribution in [2.75, 3.05) is 20.8 Å². The van der Waals surface area contributed by atoms with Gasteiger partial charge in [-0.05, 0) is 29.7 Å². The van der Waals surface area contributed by atoms with Crippen LogP contribution in [-0.2, 0) is 17.6 Å².